The molecular weight excluding hydrogens is 284 g/mol. The van der Waals surface area contributed by atoms with Gasteiger partial charge in [-0.05, 0) is 32.0 Å². The largest absolute Gasteiger partial charge is 0.474 e. The number of aliphatic hydroxyl groups is 1. The normalized spacial score (nSPS) is 13.0. The van der Waals surface area contributed by atoms with Crippen molar-refractivity contribution in [1.29, 1.82) is 0 Å². The number of ether oxygens (including phenoxy) is 1. The van der Waals surface area contributed by atoms with E-state index in [1.807, 2.05) is 13.8 Å². The fourth-order valence-corrected chi connectivity index (χ4v) is 2.69. The van der Waals surface area contributed by atoms with E-state index in [0.29, 0.717) is 19.0 Å². The van der Waals surface area contributed by atoms with E-state index in [9.17, 15) is 5.11 Å². The number of hydrogen-bond acceptors (Lipinski definition) is 4. The summed E-state index contributed by atoms with van der Waals surface area (Å²) >= 11 is 0. The molecule has 122 valence electrons. The summed E-state index contributed by atoms with van der Waals surface area (Å²) in [4.78, 5) is 0. The number of rotatable bonds is 7. The number of aromatic nitrogens is 2. The fraction of sp³-hybridized carbons (Fsp3) is 0.800. The Bertz CT molecular complexity index is 450. The van der Waals surface area contributed by atoms with Crippen molar-refractivity contribution in [3.8, 4) is 5.88 Å². The lowest BCUT2D eigenvalue weighted by atomic mass is 10.2. The van der Waals surface area contributed by atoms with Crippen LogP contribution in [0.5, 0.6) is 5.88 Å². The minimum absolute atomic E-state index is 0.0471. The first-order chi connectivity index (χ1) is 9.56. The van der Waals surface area contributed by atoms with Crippen LogP contribution in [0.25, 0.3) is 0 Å². The van der Waals surface area contributed by atoms with E-state index in [1.54, 1.807) is 10.7 Å². The van der Waals surface area contributed by atoms with Crippen molar-refractivity contribution in [2.24, 2.45) is 0 Å². The molecule has 1 aromatic rings. The van der Waals surface area contributed by atoms with Crippen LogP contribution in [0.4, 0.5) is 0 Å². The van der Waals surface area contributed by atoms with Crippen LogP contribution in [0.3, 0.4) is 0 Å². The second kappa shape index (κ2) is 6.94. The van der Waals surface area contributed by atoms with Gasteiger partial charge in [0.15, 0.2) is 8.32 Å². The standard InChI is InChI=1S/C15H30N2O3Si/c1-12(2)20-14-10-13(11-18)17(16-14)8-9-19-21(6,7)15(3,4)5/h10,12,18H,8-9,11H2,1-7H3. The van der Waals surface area contributed by atoms with Gasteiger partial charge in [-0.2, -0.15) is 0 Å². The molecular formula is C15H30N2O3Si. The highest BCUT2D eigenvalue weighted by Crippen LogP contribution is 2.36. The molecule has 5 nitrogen and oxygen atoms in total. The molecule has 0 unspecified atom stereocenters. The number of nitrogens with zero attached hydrogens (tertiary/aromatic N) is 2. The fourth-order valence-electron chi connectivity index (χ4n) is 1.65. The van der Waals surface area contributed by atoms with Crippen LogP contribution in [0.2, 0.25) is 18.1 Å². The van der Waals surface area contributed by atoms with Crippen molar-refractivity contribution in [2.75, 3.05) is 6.61 Å². The first kappa shape index (κ1) is 18.2. The lowest BCUT2D eigenvalue weighted by Crippen LogP contribution is -2.41. The van der Waals surface area contributed by atoms with Crippen LogP contribution in [0, 0.1) is 0 Å². The van der Waals surface area contributed by atoms with Crippen molar-refractivity contribution in [3.63, 3.8) is 0 Å². The van der Waals surface area contributed by atoms with Gasteiger partial charge >= 0.3 is 0 Å². The maximum Gasteiger partial charge on any atom is 0.233 e. The summed E-state index contributed by atoms with van der Waals surface area (Å²) in [7, 11) is -1.74. The maximum absolute atomic E-state index is 9.41. The van der Waals surface area contributed by atoms with Crippen LogP contribution in [-0.4, -0.2) is 35.9 Å². The third-order valence-electron chi connectivity index (χ3n) is 3.93. The highest BCUT2D eigenvalue weighted by atomic mass is 28.4. The molecule has 1 rings (SSSR count). The Balaban J connectivity index is 2.65. The van der Waals surface area contributed by atoms with E-state index in [2.05, 4.69) is 39.0 Å². The molecule has 0 aliphatic heterocycles. The lowest BCUT2D eigenvalue weighted by molar-refractivity contribution is 0.224. The van der Waals surface area contributed by atoms with Gasteiger partial charge in [-0.15, -0.1) is 5.10 Å². The average molecular weight is 315 g/mol. The molecule has 0 saturated heterocycles. The van der Waals surface area contributed by atoms with Gasteiger partial charge in [0.1, 0.15) is 0 Å². The quantitative estimate of drug-likeness (QED) is 0.785. The topological polar surface area (TPSA) is 56.5 Å². The van der Waals surface area contributed by atoms with Crippen LogP contribution in [0.15, 0.2) is 6.07 Å². The predicted octanol–water partition coefficient (Wildman–Crippen LogP) is 3.18. The van der Waals surface area contributed by atoms with E-state index in [1.165, 1.54) is 0 Å². The molecule has 6 heteroatoms. The molecule has 0 spiro atoms. The Labute approximate surface area is 129 Å². The number of aliphatic hydroxyl groups excluding tert-OH is 1. The van der Waals surface area contributed by atoms with Crippen LogP contribution >= 0.6 is 0 Å². The summed E-state index contributed by atoms with van der Waals surface area (Å²) in [6.07, 6.45) is 0.0726. The van der Waals surface area contributed by atoms with E-state index >= 15 is 0 Å². The van der Waals surface area contributed by atoms with E-state index in [0.717, 1.165) is 5.69 Å². The Morgan fingerprint density at radius 2 is 1.95 bits per heavy atom. The minimum Gasteiger partial charge on any atom is -0.474 e. The first-order valence-electron chi connectivity index (χ1n) is 7.55. The highest BCUT2D eigenvalue weighted by molar-refractivity contribution is 6.74. The Hall–Kier alpha value is -0.853. The summed E-state index contributed by atoms with van der Waals surface area (Å²) < 4.78 is 13.5. The Kier molecular flexibility index (Phi) is 6.01. The summed E-state index contributed by atoms with van der Waals surface area (Å²) in [5, 5.41) is 14.0. The highest BCUT2D eigenvalue weighted by Gasteiger charge is 2.36. The van der Waals surface area contributed by atoms with Crippen LogP contribution < -0.4 is 4.74 Å². The monoisotopic (exact) mass is 314 g/mol. The van der Waals surface area contributed by atoms with Crippen molar-refractivity contribution < 1.29 is 14.3 Å². The van der Waals surface area contributed by atoms with E-state index in [-0.39, 0.29) is 17.7 Å². The summed E-state index contributed by atoms with van der Waals surface area (Å²) in [6.45, 7) is 16.2. The van der Waals surface area contributed by atoms with E-state index < -0.39 is 8.32 Å². The van der Waals surface area contributed by atoms with Crippen molar-refractivity contribution in [1.82, 2.24) is 9.78 Å². The maximum atomic E-state index is 9.41. The molecule has 0 aliphatic rings. The second-order valence-corrected chi connectivity index (χ2v) is 11.9. The van der Waals surface area contributed by atoms with Gasteiger partial charge in [-0.3, -0.25) is 4.68 Å². The average Bonchev–Trinajstić information content (AvgIpc) is 2.68. The summed E-state index contributed by atoms with van der Waals surface area (Å²) in [5.41, 5.74) is 0.754. The van der Waals surface area contributed by atoms with Gasteiger partial charge in [0, 0.05) is 6.07 Å². The molecule has 1 N–H and O–H groups in total. The zero-order chi connectivity index (χ0) is 16.3. The molecule has 0 bridgehead atoms. The molecule has 1 aromatic heterocycles. The molecule has 0 radical (unpaired) electrons. The smallest absolute Gasteiger partial charge is 0.233 e. The van der Waals surface area contributed by atoms with Gasteiger partial charge in [0.25, 0.3) is 0 Å². The van der Waals surface area contributed by atoms with Gasteiger partial charge in [0.05, 0.1) is 31.6 Å². The molecule has 0 aliphatic carbocycles. The van der Waals surface area contributed by atoms with E-state index in [4.69, 9.17) is 9.16 Å². The molecule has 21 heavy (non-hydrogen) atoms. The zero-order valence-electron chi connectivity index (χ0n) is 14.4. The third kappa shape index (κ3) is 5.12. The zero-order valence-corrected chi connectivity index (χ0v) is 15.4. The van der Waals surface area contributed by atoms with Crippen LogP contribution in [-0.2, 0) is 17.6 Å². The third-order valence-corrected chi connectivity index (χ3v) is 8.47. The number of hydrogen-bond donors (Lipinski definition) is 1. The first-order valence-corrected chi connectivity index (χ1v) is 10.5. The minimum atomic E-state index is -1.74. The van der Waals surface area contributed by atoms with Gasteiger partial charge in [0.2, 0.25) is 5.88 Å². The molecule has 0 saturated carbocycles. The SMILES string of the molecule is CC(C)Oc1cc(CO)n(CCO[Si](C)(C)C(C)(C)C)n1. The van der Waals surface area contributed by atoms with Crippen molar-refractivity contribution in [2.45, 2.75) is 72.0 Å². The second-order valence-electron chi connectivity index (χ2n) is 7.13. The van der Waals surface area contributed by atoms with Crippen LogP contribution in [0.1, 0.15) is 40.3 Å². The Morgan fingerprint density at radius 3 is 2.43 bits per heavy atom. The summed E-state index contributed by atoms with van der Waals surface area (Å²) in [6, 6.07) is 1.78. The predicted molar refractivity (Wildman–Crippen MR) is 87.1 cm³/mol. The van der Waals surface area contributed by atoms with Crippen molar-refractivity contribution >= 4 is 8.32 Å². The van der Waals surface area contributed by atoms with Gasteiger partial charge in [-0.25, -0.2) is 0 Å². The van der Waals surface area contributed by atoms with Gasteiger partial charge < -0.3 is 14.3 Å². The van der Waals surface area contributed by atoms with Crippen molar-refractivity contribution in [3.05, 3.63) is 11.8 Å². The summed E-state index contributed by atoms with van der Waals surface area (Å²) in [5.74, 6) is 0.557. The molecule has 0 amide bonds. The Morgan fingerprint density at radius 1 is 1.33 bits per heavy atom. The molecule has 1 heterocycles. The molecule has 0 atom stereocenters. The lowest BCUT2D eigenvalue weighted by Gasteiger charge is -2.36. The molecule has 0 fully saturated rings. The van der Waals surface area contributed by atoms with Gasteiger partial charge in [-0.1, -0.05) is 20.8 Å². The molecule has 0 aromatic carbocycles.